The molecule has 78 valence electrons. The van der Waals surface area contributed by atoms with Crippen LogP contribution >= 0.6 is 11.6 Å². The molecule has 0 aliphatic heterocycles. The van der Waals surface area contributed by atoms with Crippen LogP contribution < -0.4 is 10.6 Å². The lowest BCUT2D eigenvalue weighted by molar-refractivity contribution is 0.126. The number of nitrogens with zero attached hydrogens (tertiary/aromatic N) is 1. The number of nitrogens with two attached hydrogens (primary N) is 1. The SMILES string of the molecule is COc1nc(Cl)ccc1C(C)CON. The molecule has 1 atom stereocenters. The van der Waals surface area contributed by atoms with Gasteiger partial charge in [0.1, 0.15) is 5.15 Å². The van der Waals surface area contributed by atoms with Gasteiger partial charge in [-0.1, -0.05) is 24.6 Å². The van der Waals surface area contributed by atoms with Gasteiger partial charge in [-0.15, -0.1) is 0 Å². The van der Waals surface area contributed by atoms with E-state index in [0.717, 1.165) is 5.56 Å². The molecule has 0 saturated heterocycles. The summed E-state index contributed by atoms with van der Waals surface area (Å²) in [6.07, 6.45) is 0. The van der Waals surface area contributed by atoms with Gasteiger partial charge in [-0.05, 0) is 6.07 Å². The van der Waals surface area contributed by atoms with Crippen LogP contribution in [-0.4, -0.2) is 18.7 Å². The van der Waals surface area contributed by atoms with Crippen LogP contribution in [0.2, 0.25) is 5.15 Å². The highest BCUT2D eigenvalue weighted by atomic mass is 35.5. The highest BCUT2D eigenvalue weighted by Crippen LogP contribution is 2.26. The molecule has 1 aromatic rings. The average Bonchev–Trinajstić information content (AvgIpc) is 2.17. The Kier molecular flexibility index (Phi) is 4.13. The topological polar surface area (TPSA) is 57.4 Å². The van der Waals surface area contributed by atoms with Gasteiger partial charge in [-0.3, -0.25) is 0 Å². The van der Waals surface area contributed by atoms with E-state index in [1.807, 2.05) is 13.0 Å². The summed E-state index contributed by atoms with van der Waals surface area (Å²) < 4.78 is 5.10. The van der Waals surface area contributed by atoms with Gasteiger partial charge in [0.25, 0.3) is 0 Å². The summed E-state index contributed by atoms with van der Waals surface area (Å²) in [4.78, 5) is 8.61. The zero-order valence-electron chi connectivity index (χ0n) is 8.16. The fraction of sp³-hybridized carbons (Fsp3) is 0.444. The molecule has 5 heteroatoms. The second kappa shape index (κ2) is 5.14. The lowest BCUT2D eigenvalue weighted by Crippen LogP contribution is -2.10. The first-order valence-electron chi connectivity index (χ1n) is 4.21. The van der Waals surface area contributed by atoms with Crippen molar-refractivity contribution in [2.75, 3.05) is 13.7 Å². The summed E-state index contributed by atoms with van der Waals surface area (Å²) in [5, 5.41) is 0.409. The summed E-state index contributed by atoms with van der Waals surface area (Å²) >= 11 is 5.73. The minimum Gasteiger partial charge on any atom is -0.481 e. The van der Waals surface area contributed by atoms with Crippen LogP contribution in [0, 0.1) is 0 Å². The van der Waals surface area contributed by atoms with Gasteiger partial charge in [0, 0.05) is 11.5 Å². The van der Waals surface area contributed by atoms with Crippen LogP contribution in [0.25, 0.3) is 0 Å². The van der Waals surface area contributed by atoms with Crippen molar-refractivity contribution >= 4 is 11.6 Å². The molecule has 4 nitrogen and oxygen atoms in total. The molecule has 0 amide bonds. The molecule has 2 N–H and O–H groups in total. The monoisotopic (exact) mass is 216 g/mol. The van der Waals surface area contributed by atoms with Crippen LogP contribution in [0.5, 0.6) is 5.88 Å². The van der Waals surface area contributed by atoms with E-state index in [9.17, 15) is 0 Å². The predicted molar refractivity (Wildman–Crippen MR) is 54.4 cm³/mol. The van der Waals surface area contributed by atoms with E-state index in [4.69, 9.17) is 22.2 Å². The molecule has 1 heterocycles. The zero-order chi connectivity index (χ0) is 10.6. The third-order valence-corrected chi connectivity index (χ3v) is 2.14. The fourth-order valence-corrected chi connectivity index (χ4v) is 1.34. The van der Waals surface area contributed by atoms with Crippen molar-refractivity contribution in [2.45, 2.75) is 12.8 Å². The quantitative estimate of drug-likeness (QED) is 0.615. The van der Waals surface area contributed by atoms with E-state index < -0.39 is 0 Å². The Morgan fingerprint density at radius 3 is 2.86 bits per heavy atom. The van der Waals surface area contributed by atoms with E-state index >= 15 is 0 Å². The molecular formula is C9H13ClN2O2. The normalized spacial score (nSPS) is 12.6. The van der Waals surface area contributed by atoms with Gasteiger partial charge in [-0.25, -0.2) is 10.9 Å². The highest BCUT2D eigenvalue weighted by molar-refractivity contribution is 6.29. The number of hydrogen-bond acceptors (Lipinski definition) is 4. The Bertz CT molecular complexity index is 307. The molecule has 0 spiro atoms. The first-order valence-corrected chi connectivity index (χ1v) is 4.59. The number of aromatic nitrogens is 1. The van der Waals surface area contributed by atoms with Gasteiger partial charge in [-0.2, -0.15) is 0 Å². The molecular weight excluding hydrogens is 204 g/mol. The van der Waals surface area contributed by atoms with Crippen LogP contribution in [0.1, 0.15) is 18.4 Å². The van der Waals surface area contributed by atoms with Gasteiger partial charge < -0.3 is 9.57 Å². The van der Waals surface area contributed by atoms with Crippen molar-refractivity contribution in [1.29, 1.82) is 0 Å². The number of ether oxygens (including phenoxy) is 1. The van der Waals surface area contributed by atoms with E-state index in [1.54, 1.807) is 13.2 Å². The molecule has 0 fully saturated rings. The summed E-state index contributed by atoms with van der Waals surface area (Å²) in [6, 6.07) is 3.57. The Balaban J connectivity index is 2.95. The molecule has 1 rings (SSSR count). The summed E-state index contributed by atoms with van der Waals surface area (Å²) in [5.74, 6) is 5.64. The third kappa shape index (κ3) is 2.57. The van der Waals surface area contributed by atoms with Crippen molar-refractivity contribution < 1.29 is 9.57 Å². The number of methoxy groups -OCH3 is 1. The van der Waals surface area contributed by atoms with Crippen molar-refractivity contribution in [3.63, 3.8) is 0 Å². The van der Waals surface area contributed by atoms with Crippen molar-refractivity contribution in [3.8, 4) is 5.88 Å². The van der Waals surface area contributed by atoms with Crippen LogP contribution in [0.15, 0.2) is 12.1 Å². The summed E-state index contributed by atoms with van der Waals surface area (Å²) in [5.41, 5.74) is 0.933. The number of halogens is 1. The lowest BCUT2D eigenvalue weighted by Gasteiger charge is -2.13. The minimum atomic E-state index is 0.125. The number of hydrogen-bond donors (Lipinski definition) is 1. The number of rotatable bonds is 4. The Morgan fingerprint density at radius 1 is 1.57 bits per heavy atom. The van der Waals surface area contributed by atoms with Gasteiger partial charge in [0.2, 0.25) is 5.88 Å². The van der Waals surface area contributed by atoms with Crippen molar-refractivity contribution in [1.82, 2.24) is 4.98 Å². The molecule has 0 saturated carbocycles. The van der Waals surface area contributed by atoms with Crippen molar-refractivity contribution in [2.24, 2.45) is 5.90 Å². The molecule has 14 heavy (non-hydrogen) atoms. The van der Waals surface area contributed by atoms with Gasteiger partial charge >= 0.3 is 0 Å². The minimum absolute atomic E-state index is 0.125. The predicted octanol–water partition coefficient (Wildman–Crippen LogP) is 1.74. The maximum atomic E-state index is 5.73. The Hall–Kier alpha value is -0.840. The maximum absolute atomic E-state index is 5.73. The summed E-state index contributed by atoms with van der Waals surface area (Å²) in [7, 11) is 1.55. The third-order valence-electron chi connectivity index (χ3n) is 1.93. The van der Waals surface area contributed by atoms with Crippen LogP contribution in [0.3, 0.4) is 0 Å². The van der Waals surface area contributed by atoms with Gasteiger partial charge in [0.05, 0.1) is 13.7 Å². The molecule has 0 radical (unpaired) electrons. The molecule has 0 aliphatic carbocycles. The second-order valence-corrected chi connectivity index (χ2v) is 3.35. The average molecular weight is 217 g/mol. The largest absolute Gasteiger partial charge is 0.481 e. The van der Waals surface area contributed by atoms with Crippen molar-refractivity contribution in [3.05, 3.63) is 22.8 Å². The van der Waals surface area contributed by atoms with Crippen LogP contribution in [-0.2, 0) is 4.84 Å². The number of pyridine rings is 1. The Morgan fingerprint density at radius 2 is 2.29 bits per heavy atom. The Labute approximate surface area is 87.9 Å². The smallest absolute Gasteiger partial charge is 0.218 e. The molecule has 1 aromatic heterocycles. The molecule has 0 aliphatic rings. The van der Waals surface area contributed by atoms with E-state index in [0.29, 0.717) is 17.6 Å². The second-order valence-electron chi connectivity index (χ2n) is 2.97. The lowest BCUT2D eigenvalue weighted by atomic mass is 10.0. The maximum Gasteiger partial charge on any atom is 0.218 e. The fourth-order valence-electron chi connectivity index (χ4n) is 1.20. The molecule has 0 aromatic carbocycles. The highest BCUT2D eigenvalue weighted by Gasteiger charge is 2.12. The standard InChI is InChI=1S/C9H13ClN2O2/c1-6(5-14-11)7-3-4-8(10)12-9(7)13-2/h3-4,6H,5,11H2,1-2H3. The molecule has 1 unspecified atom stereocenters. The molecule has 0 bridgehead atoms. The van der Waals surface area contributed by atoms with E-state index in [-0.39, 0.29) is 5.92 Å². The summed E-state index contributed by atoms with van der Waals surface area (Å²) in [6.45, 7) is 2.39. The zero-order valence-corrected chi connectivity index (χ0v) is 8.91. The first kappa shape index (κ1) is 11.2. The van der Waals surface area contributed by atoms with Gasteiger partial charge in [0.15, 0.2) is 0 Å². The van der Waals surface area contributed by atoms with E-state index in [2.05, 4.69) is 9.82 Å². The van der Waals surface area contributed by atoms with E-state index in [1.165, 1.54) is 0 Å². The van der Waals surface area contributed by atoms with Crippen LogP contribution in [0.4, 0.5) is 0 Å². The first-order chi connectivity index (χ1) is 6.69.